The predicted octanol–water partition coefficient (Wildman–Crippen LogP) is 0.375. The molecule has 0 amide bonds. The summed E-state index contributed by atoms with van der Waals surface area (Å²) in [5.74, 6) is 1.48. The first kappa shape index (κ1) is 14.8. The molecule has 2 aromatic rings. The summed E-state index contributed by atoms with van der Waals surface area (Å²) >= 11 is 0. The summed E-state index contributed by atoms with van der Waals surface area (Å²) in [6, 6.07) is 7.00. The van der Waals surface area contributed by atoms with Gasteiger partial charge in [0.2, 0.25) is 6.39 Å². The molecular weight excluding hydrogens is 274 g/mol. The standard InChI is InChI=1S/C13H17N5O3/c14-13(17-19)10-1-3-11(4-2-10)20-8-7-15-6-5-12-16-9-21-18-12/h1-4,9,15,19H,5-8H2,(H2,14,17). The van der Waals surface area contributed by atoms with Gasteiger partial charge in [-0.2, -0.15) is 4.98 Å². The lowest BCUT2D eigenvalue weighted by Crippen LogP contribution is -2.23. The minimum atomic E-state index is 0.0738. The van der Waals surface area contributed by atoms with Crippen LogP contribution in [0.4, 0.5) is 0 Å². The molecule has 0 spiro atoms. The number of hydrogen-bond acceptors (Lipinski definition) is 7. The summed E-state index contributed by atoms with van der Waals surface area (Å²) in [5.41, 5.74) is 6.11. The van der Waals surface area contributed by atoms with Crippen LogP contribution in [0.3, 0.4) is 0 Å². The molecule has 0 radical (unpaired) electrons. The van der Waals surface area contributed by atoms with Gasteiger partial charge in [0, 0.05) is 25.1 Å². The number of aromatic nitrogens is 2. The summed E-state index contributed by atoms with van der Waals surface area (Å²) in [6.07, 6.45) is 2.03. The van der Waals surface area contributed by atoms with E-state index in [1.807, 2.05) is 0 Å². The molecule has 1 aromatic carbocycles. The maximum Gasteiger partial charge on any atom is 0.213 e. The fourth-order valence-corrected chi connectivity index (χ4v) is 1.65. The smallest absolute Gasteiger partial charge is 0.213 e. The summed E-state index contributed by atoms with van der Waals surface area (Å²) in [5, 5.41) is 18.4. The van der Waals surface area contributed by atoms with Crippen LogP contribution >= 0.6 is 0 Å². The zero-order chi connectivity index (χ0) is 14.9. The van der Waals surface area contributed by atoms with Gasteiger partial charge in [-0.05, 0) is 24.3 Å². The van der Waals surface area contributed by atoms with E-state index < -0.39 is 0 Å². The Balaban J connectivity index is 1.62. The molecule has 21 heavy (non-hydrogen) atoms. The van der Waals surface area contributed by atoms with E-state index >= 15 is 0 Å². The van der Waals surface area contributed by atoms with Crippen molar-refractivity contribution in [2.45, 2.75) is 6.42 Å². The summed E-state index contributed by atoms with van der Waals surface area (Å²) in [6.45, 7) is 2.00. The first-order chi connectivity index (χ1) is 10.3. The SMILES string of the molecule is N/C(=N/O)c1ccc(OCCNCCc2ncon2)cc1. The fraction of sp³-hybridized carbons (Fsp3) is 0.308. The summed E-state index contributed by atoms with van der Waals surface area (Å²) in [7, 11) is 0. The first-order valence-corrected chi connectivity index (χ1v) is 6.46. The minimum absolute atomic E-state index is 0.0738. The largest absolute Gasteiger partial charge is 0.492 e. The van der Waals surface area contributed by atoms with Gasteiger partial charge in [-0.25, -0.2) is 0 Å². The quantitative estimate of drug-likeness (QED) is 0.211. The molecule has 8 heteroatoms. The average molecular weight is 291 g/mol. The highest BCUT2D eigenvalue weighted by Gasteiger charge is 2.00. The Morgan fingerprint density at radius 3 is 2.81 bits per heavy atom. The van der Waals surface area contributed by atoms with E-state index in [1.54, 1.807) is 24.3 Å². The molecule has 112 valence electrons. The Hall–Kier alpha value is -2.61. The normalized spacial score (nSPS) is 11.5. The second kappa shape index (κ2) is 7.85. The number of hydrogen-bond donors (Lipinski definition) is 3. The molecular formula is C13H17N5O3. The number of rotatable bonds is 8. The van der Waals surface area contributed by atoms with Crippen LogP contribution in [0.5, 0.6) is 5.75 Å². The molecule has 2 rings (SSSR count). The van der Waals surface area contributed by atoms with Gasteiger partial charge in [-0.1, -0.05) is 10.3 Å². The van der Waals surface area contributed by atoms with Crippen LogP contribution in [0, 0.1) is 0 Å². The number of nitrogens with zero attached hydrogens (tertiary/aromatic N) is 3. The lowest BCUT2D eigenvalue weighted by Gasteiger charge is -2.07. The first-order valence-electron chi connectivity index (χ1n) is 6.46. The average Bonchev–Trinajstić information content (AvgIpc) is 3.04. The predicted molar refractivity (Wildman–Crippen MR) is 75.3 cm³/mol. The molecule has 0 atom stereocenters. The minimum Gasteiger partial charge on any atom is -0.492 e. The molecule has 1 heterocycles. The van der Waals surface area contributed by atoms with Gasteiger partial charge in [0.15, 0.2) is 11.7 Å². The van der Waals surface area contributed by atoms with Crippen molar-refractivity contribution in [3.8, 4) is 5.75 Å². The lowest BCUT2D eigenvalue weighted by molar-refractivity contribution is 0.314. The van der Waals surface area contributed by atoms with E-state index in [2.05, 4.69) is 25.1 Å². The Morgan fingerprint density at radius 2 is 2.14 bits per heavy atom. The van der Waals surface area contributed by atoms with E-state index in [1.165, 1.54) is 6.39 Å². The monoisotopic (exact) mass is 291 g/mol. The van der Waals surface area contributed by atoms with Crippen molar-refractivity contribution in [1.29, 1.82) is 0 Å². The number of nitrogens with two attached hydrogens (primary N) is 1. The van der Waals surface area contributed by atoms with Crippen molar-refractivity contribution in [2.75, 3.05) is 19.7 Å². The van der Waals surface area contributed by atoms with Gasteiger partial charge in [0.05, 0.1) is 0 Å². The van der Waals surface area contributed by atoms with E-state index in [4.69, 9.17) is 15.7 Å². The van der Waals surface area contributed by atoms with Crippen molar-refractivity contribution < 1.29 is 14.5 Å². The van der Waals surface area contributed by atoms with Crippen molar-refractivity contribution >= 4 is 5.84 Å². The molecule has 0 aliphatic heterocycles. The zero-order valence-corrected chi connectivity index (χ0v) is 11.4. The maximum atomic E-state index is 8.56. The van der Waals surface area contributed by atoms with Gasteiger partial charge in [-0.3, -0.25) is 0 Å². The van der Waals surface area contributed by atoms with Gasteiger partial charge in [0.1, 0.15) is 12.4 Å². The third-order valence-electron chi connectivity index (χ3n) is 2.74. The van der Waals surface area contributed by atoms with E-state index in [-0.39, 0.29) is 5.84 Å². The third-order valence-corrected chi connectivity index (χ3v) is 2.74. The molecule has 0 aliphatic carbocycles. The molecule has 8 nitrogen and oxygen atoms in total. The van der Waals surface area contributed by atoms with Crippen LogP contribution in [0.2, 0.25) is 0 Å². The molecule has 0 bridgehead atoms. The van der Waals surface area contributed by atoms with Gasteiger partial charge < -0.3 is 25.5 Å². The van der Waals surface area contributed by atoms with Gasteiger partial charge in [0.25, 0.3) is 0 Å². The third kappa shape index (κ3) is 4.77. The maximum absolute atomic E-state index is 8.56. The van der Waals surface area contributed by atoms with E-state index in [9.17, 15) is 0 Å². The Bertz CT molecular complexity index is 554. The fourth-order valence-electron chi connectivity index (χ4n) is 1.65. The number of ether oxygens (including phenoxy) is 1. The van der Waals surface area contributed by atoms with Crippen LogP contribution in [0.15, 0.2) is 40.3 Å². The van der Waals surface area contributed by atoms with Crippen LogP contribution in [0.1, 0.15) is 11.4 Å². The topological polar surface area (TPSA) is 119 Å². The summed E-state index contributed by atoms with van der Waals surface area (Å²) < 4.78 is 10.2. The number of nitrogens with one attached hydrogen (secondary N) is 1. The highest BCUT2D eigenvalue weighted by atomic mass is 16.5. The van der Waals surface area contributed by atoms with Crippen LogP contribution in [0.25, 0.3) is 0 Å². The number of oxime groups is 1. The lowest BCUT2D eigenvalue weighted by atomic mass is 10.2. The Kier molecular flexibility index (Phi) is 5.53. The van der Waals surface area contributed by atoms with Crippen molar-refractivity contribution in [3.05, 3.63) is 42.0 Å². The molecule has 0 fully saturated rings. The van der Waals surface area contributed by atoms with Crippen LogP contribution < -0.4 is 15.8 Å². The van der Waals surface area contributed by atoms with Crippen LogP contribution in [-0.4, -0.2) is 40.9 Å². The molecule has 0 saturated carbocycles. The highest BCUT2D eigenvalue weighted by molar-refractivity contribution is 5.97. The summed E-state index contributed by atoms with van der Waals surface area (Å²) in [4.78, 5) is 3.92. The van der Waals surface area contributed by atoms with Gasteiger partial charge in [-0.15, -0.1) is 0 Å². The molecule has 0 saturated heterocycles. The van der Waals surface area contributed by atoms with E-state index in [0.717, 1.165) is 12.3 Å². The Labute approximate surface area is 121 Å². The van der Waals surface area contributed by atoms with Crippen molar-refractivity contribution in [3.63, 3.8) is 0 Å². The van der Waals surface area contributed by atoms with Crippen LogP contribution in [-0.2, 0) is 6.42 Å². The highest BCUT2D eigenvalue weighted by Crippen LogP contribution is 2.11. The number of amidine groups is 1. The second-order valence-electron chi connectivity index (χ2n) is 4.21. The molecule has 4 N–H and O–H groups in total. The molecule has 0 aliphatic rings. The Morgan fingerprint density at radius 1 is 1.33 bits per heavy atom. The van der Waals surface area contributed by atoms with E-state index in [0.29, 0.717) is 31.0 Å². The van der Waals surface area contributed by atoms with Crippen molar-refractivity contribution in [2.24, 2.45) is 10.9 Å². The zero-order valence-electron chi connectivity index (χ0n) is 11.4. The van der Waals surface area contributed by atoms with Gasteiger partial charge >= 0.3 is 0 Å². The molecule has 0 unspecified atom stereocenters. The second-order valence-corrected chi connectivity index (χ2v) is 4.21. The number of benzene rings is 1. The molecule has 1 aromatic heterocycles. The van der Waals surface area contributed by atoms with Crippen molar-refractivity contribution in [1.82, 2.24) is 15.5 Å².